The molecule has 7 nitrogen and oxygen atoms in total. The number of nitrogens with one attached hydrogen (secondary N) is 2. The number of phenols is 1. The molecule has 34 heavy (non-hydrogen) atoms. The highest BCUT2D eigenvalue weighted by atomic mass is 16.3. The fourth-order valence-corrected chi connectivity index (χ4v) is 5.99. The van der Waals surface area contributed by atoms with Crippen molar-refractivity contribution in [1.29, 1.82) is 0 Å². The van der Waals surface area contributed by atoms with E-state index in [9.17, 15) is 9.90 Å². The summed E-state index contributed by atoms with van der Waals surface area (Å²) in [6, 6.07) is 12.6. The van der Waals surface area contributed by atoms with Crippen LogP contribution in [0.4, 0.5) is 5.82 Å². The summed E-state index contributed by atoms with van der Waals surface area (Å²) in [4.78, 5) is 11.9. The minimum atomic E-state index is -0.0917. The summed E-state index contributed by atoms with van der Waals surface area (Å²) >= 11 is 0. The van der Waals surface area contributed by atoms with Crippen LogP contribution in [0.3, 0.4) is 0 Å². The number of benzene rings is 1. The molecule has 0 saturated carbocycles. The van der Waals surface area contributed by atoms with Gasteiger partial charge >= 0.3 is 0 Å². The van der Waals surface area contributed by atoms with Gasteiger partial charge < -0.3 is 20.3 Å². The SMILES string of the molecule is Cn1ccc(-c2ccc(-c3ccc(NCC4CC5(C)CCCC(C)(C4)N5)nn3)c(O)c2)cc1=O. The van der Waals surface area contributed by atoms with E-state index in [4.69, 9.17) is 0 Å². The van der Waals surface area contributed by atoms with E-state index < -0.39 is 0 Å². The van der Waals surface area contributed by atoms with Crippen molar-refractivity contribution in [3.05, 3.63) is 59.0 Å². The molecule has 2 saturated heterocycles. The first-order chi connectivity index (χ1) is 16.2. The first kappa shape index (κ1) is 22.6. The van der Waals surface area contributed by atoms with Crippen molar-refractivity contribution >= 4 is 5.82 Å². The fraction of sp³-hybridized carbons (Fsp3) is 0.444. The number of piperidine rings is 2. The lowest BCUT2D eigenvalue weighted by Gasteiger charge is -2.53. The van der Waals surface area contributed by atoms with Gasteiger partial charge in [-0.2, -0.15) is 0 Å². The van der Waals surface area contributed by atoms with Gasteiger partial charge in [0, 0.05) is 42.5 Å². The fourth-order valence-electron chi connectivity index (χ4n) is 5.99. The molecule has 2 aliphatic rings. The van der Waals surface area contributed by atoms with Crippen LogP contribution in [-0.4, -0.2) is 37.5 Å². The third-order valence-corrected chi connectivity index (χ3v) is 7.49. The molecule has 3 N–H and O–H groups in total. The number of anilines is 1. The second-order valence-electron chi connectivity index (χ2n) is 10.7. The number of hydrogen-bond acceptors (Lipinski definition) is 6. The third-order valence-electron chi connectivity index (χ3n) is 7.49. The molecule has 178 valence electrons. The molecule has 4 heterocycles. The van der Waals surface area contributed by atoms with E-state index >= 15 is 0 Å². The van der Waals surface area contributed by atoms with Crippen LogP contribution in [-0.2, 0) is 7.05 Å². The maximum absolute atomic E-state index is 11.9. The number of fused-ring (bicyclic) bond motifs is 2. The molecule has 0 spiro atoms. The first-order valence-electron chi connectivity index (χ1n) is 12.1. The highest BCUT2D eigenvalue weighted by Crippen LogP contribution is 2.42. The number of phenolic OH excluding ortho intramolecular Hbond substituents is 1. The number of nitrogens with zero attached hydrogens (tertiary/aromatic N) is 3. The topological polar surface area (TPSA) is 92.1 Å². The van der Waals surface area contributed by atoms with E-state index in [0.29, 0.717) is 17.2 Å². The van der Waals surface area contributed by atoms with Crippen LogP contribution in [0.25, 0.3) is 22.4 Å². The van der Waals surface area contributed by atoms with Crippen molar-refractivity contribution in [2.24, 2.45) is 13.0 Å². The summed E-state index contributed by atoms with van der Waals surface area (Å²) in [5.41, 5.74) is 3.15. The Labute approximate surface area is 200 Å². The normalized spacial score (nSPS) is 26.3. The maximum Gasteiger partial charge on any atom is 0.250 e. The number of aryl methyl sites for hydroxylation is 1. The first-order valence-corrected chi connectivity index (χ1v) is 12.1. The van der Waals surface area contributed by atoms with Crippen LogP contribution >= 0.6 is 0 Å². The number of pyridine rings is 1. The van der Waals surface area contributed by atoms with Gasteiger partial charge in [-0.15, -0.1) is 10.2 Å². The molecule has 1 aromatic carbocycles. The van der Waals surface area contributed by atoms with Gasteiger partial charge in [0.1, 0.15) is 11.6 Å². The summed E-state index contributed by atoms with van der Waals surface area (Å²) in [6.45, 7) is 5.61. The second-order valence-corrected chi connectivity index (χ2v) is 10.7. The molecule has 2 bridgehead atoms. The van der Waals surface area contributed by atoms with Crippen molar-refractivity contribution in [2.45, 2.75) is 57.0 Å². The molecule has 2 unspecified atom stereocenters. The van der Waals surface area contributed by atoms with Gasteiger partial charge in [-0.05, 0) is 93.3 Å². The quantitative estimate of drug-likeness (QED) is 0.526. The smallest absolute Gasteiger partial charge is 0.250 e. The van der Waals surface area contributed by atoms with Crippen molar-refractivity contribution in [2.75, 3.05) is 11.9 Å². The average molecular weight is 460 g/mol. The van der Waals surface area contributed by atoms with Gasteiger partial charge in [-0.1, -0.05) is 6.07 Å². The molecular formula is C27H33N5O2. The van der Waals surface area contributed by atoms with Gasteiger partial charge in [0.25, 0.3) is 5.56 Å². The van der Waals surface area contributed by atoms with Gasteiger partial charge in [-0.25, -0.2) is 0 Å². The second kappa shape index (κ2) is 8.55. The number of rotatable bonds is 5. The molecule has 0 radical (unpaired) electrons. The molecule has 0 aliphatic carbocycles. The Hall–Kier alpha value is -3.19. The summed E-state index contributed by atoms with van der Waals surface area (Å²) in [7, 11) is 1.71. The third kappa shape index (κ3) is 4.57. The van der Waals surface area contributed by atoms with Crippen LogP contribution in [0.2, 0.25) is 0 Å². The Kier molecular flexibility index (Phi) is 5.68. The predicted octanol–water partition coefficient (Wildman–Crippen LogP) is 4.33. The van der Waals surface area contributed by atoms with Crippen LogP contribution in [0.1, 0.15) is 46.0 Å². The number of aromatic hydroxyl groups is 1. The van der Waals surface area contributed by atoms with Crippen molar-refractivity contribution in [3.63, 3.8) is 0 Å². The number of hydrogen-bond donors (Lipinski definition) is 3. The van der Waals surface area contributed by atoms with E-state index in [0.717, 1.165) is 23.5 Å². The van der Waals surface area contributed by atoms with E-state index in [2.05, 4.69) is 34.7 Å². The summed E-state index contributed by atoms with van der Waals surface area (Å²) in [6.07, 6.45) is 7.87. The van der Waals surface area contributed by atoms with Crippen molar-refractivity contribution < 1.29 is 5.11 Å². The Morgan fingerprint density at radius 1 is 1.06 bits per heavy atom. The minimum absolute atomic E-state index is 0.0917. The standard InChI is InChI=1S/C27H33N5O2/c1-26-10-4-11-27(2,31-26)16-18(15-26)17-28-24-8-7-22(29-30-24)21-6-5-19(13-23(21)33)20-9-12-32(3)25(34)14-20/h5-9,12-14,18,31,33H,4,10-11,15-17H2,1-3H3,(H,28,30). The van der Waals surface area contributed by atoms with Crippen molar-refractivity contribution in [3.8, 4) is 28.1 Å². The molecule has 5 rings (SSSR count). The Bertz CT molecular complexity index is 1240. The summed E-state index contributed by atoms with van der Waals surface area (Å²) in [5, 5.41) is 26.7. The maximum atomic E-state index is 11.9. The molecule has 3 aromatic rings. The van der Waals surface area contributed by atoms with E-state index in [1.165, 1.54) is 36.7 Å². The lowest BCUT2D eigenvalue weighted by Crippen LogP contribution is -2.63. The summed E-state index contributed by atoms with van der Waals surface area (Å²) in [5.74, 6) is 1.46. The van der Waals surface area contributed by atoms with Gasteiger partial charge in [0.2, 0.25) is 0 Å². The lowest BCUT2D eigenvalue weighted by molar-refractivity contribution is 0.0589. The van der Waals surface area contributed by atoms with Crippen molar-refractivity contribution in [1.82, 2.24) is 20.1 Å². The number of aromatic nitrogens is 3. The molecule has 2 atom stereocenters. The van der Waals surface area contributed by atoms with Crippen LogP contribution in [0.5, 0.6) is 5.75 Å². The van der Waals surface area contributed by atoms with Crippen LogP contribution in [0.15, 0.2) is 53.5 Å². The van der Waals surface area contributed by atoms with E-state index in [1.54, 1.807) is 25.4 Å². The zero-order chi connectivity index (χ0) is 23.9. The molecule has 2 aliphatic heterocycles. The monoisotopic (exact) mass is 459 g/mol. The van der Waals surface area contributed by atoms with Gasteiger partial charge in [-0.3, -0.25) is 4.79 Å². The lowest BCUT2D eigenvalue weighted by atomic mass is 9.67. The summed E-state index contributed by atoms with van der Waals surface area (Å²) < 4.78 is 1.51. The van der Waals surface area contributed by atoms with Gasteiger partial charge in [0.15, 0.2) is 0 Å². The molecule has 2 aromatic heterocycles. The molecule has 7 heteroatoms. The Balaban J connectivity index is 1.26. The molecule has 2 fully saturated rings. The molecule has 0 amide bonds. The largest absolute Gasteiger partial charge is 0.507 e. The zero-order valence-corrected chi connectivity index (χ0v) is 20.1. The van der Waals surface area contributed by atoms with Crippen LogP contribution in [0, 0.1) is 5.92 Å². The van der Waals surface area contributed by atoms with Gasteiger partial charge in [0.05, 0.1) is 5.69 Å². The zero-order valence-electron chi connectivity index (χ0n) is 20.1. The van der Waals surface area contributed by atoms with E-state index in [1.807, 2.05) is 30.3 Å². The van der Waals surface area contributed by atoms with Crippen LogP contribution < -0.4 is 16.2 Å². The Morgan fingerprint density at radius 3 is 2.44 bits per heavy atom. The highest BCUT2D eigenvalue weighted by Gasteiger charge is 2.45. The highest BCUT2D eigenvalue weighted by molar-refractivity contribution is 5.74. The predicted molar refractivity (Wildman–Crippen MR) is 135 cm³/mol. The minimum Gasteiger partial charge on any atom is -0.507 e. The Morgan fingerprint density at radius 2 is 1.79 bits per heavy atom. The average Bonchev–Trinajstić information content (AvgIpc) is 2.78. The van der Waals surface area contributed by atoms with E-state index in [-0.39, 0.29) is 22.4 Å². The molecular weight excluding hydrogens is 426 g/mol.